The third-order valence-electron chi connectivity index (χ3n) is 2.81. The minimum Gasteiger partial charge on any atom is -0.508 e. The number of phenolic OH excluding ortho intramolecular Hbond substituents is 1. The maximum absolute atomic E-state index is 12.0. The first-order valence-corrected chi connectivity index (χ1v) is 6.86. The summed E-state index contributed by atoms with van der Waals surface area (Å²) in [6.45, 7) is 0. The first kappa shape index (κ1) is 15.1. The molecule has 2 rings (SSSR count). The zero-order valence-electron chi connectivity index (χ0n) is 10.8. The fourth-order valence-electron chi connectivity index (χ4n) is 1.81. The van der Waals surface area contributed by atoms with Gasteiger partial charge in [0.25, 0.3) is 0 Å². The molecule has 0 bridgehead atoms. The fourth-order valence-corrected chi connectivity index (χ4v) is 2.28. The molecule has 5 nitrogen and oxygen atoms in total. The van der Waals surface area contributed by atoms with Crippen LogP contribution in [0.25, 0.3) is 0 Å². The lowest BCUT2D eigenvalue weighted by atomic mass is 10.1. The van der Waals surface area contributed by atoms with Gasteiger partial charge >= 0.3 is 5.97 Å². The molecule has 0 heterocycles. The molecule has 0 aliphatic heterocycles. The van der Waals surface area contributed by atoms with E-state index in [-0.39, 0.29) is 29.3 Å². The van der Waals surface area contributed by atoms with Crippen LogP contribution in [-0.2, 0) is 11.2 Å². The van der Waals surface area contributed by atoms with Crippen molar-refractivity contribution in [2.24, 2.45) is 0 Å². The van der Waals surface area contributed by atoms with Crippen LogP contribution in [0.15, 0.2) is 46.9 Å². The number of phenols is 1. The summed E-state index contributed by atoms with van der Waals surface area (Å²) in [6, 6.07) is 10.9. The van der Waals surface area contributed by atoms with E-state index in [1.54, 1.807) is 24.3 Å². The van der Waals surface area contributed by atoms with E-state index in [9.17, 15) is 14.7 Å². The molecular formula is C15H12BrNO4. The molecule has 0 atom stereocenters. The van der Waals surface area contributed by atoms with Crippen LogP contribution in [0.4, 0.5) is 5.69 Å². The van der Waals surface area contributed by atoms with Gasteiger partial charge in [-0.2, -0.15) is 0 Å². The third kappa shape index (κ3) is 3.82. The number of benzene rings is 2. The number of aromatic hydroxyl groups is 1. The molecule has 0 saturated heterocycles. The monoisotopic (exact) mass is 349 g/mol. The van der Waals surface area contributed by atoms with Gasteiger partial charge in [-0.15, -0.1) is 0 Å². The minimum atomic E-state index is -1.11. The molecular weight excluding hydrogens is 338 g/mol. The zero-order chi connectivity index (χ0) is 15.4. The number of amides is 1. The summed E-state index contributed by atoms with van der Waals surface area (Å²) in [5, 5.41) is 20.9. The molecule has 2 aromatic carbocycles. The first-order valence-electron chi connectivity index (χ1n) is 6.07. The highest BCUT2D eigenvalue weighted by Gasteiger charge is 2.15. The first-order chi connectivity index (χ1) is 9.97. The van der Waals surface area contributed by atoms with Crippen LogP contribution in [0.3, 0.4) is 0 Å². The maximum Gasteiger partial charge on any atom is 0.337 e. The Bertz CT molecular complexity index is 683. The average molecular weight is 350 g/mol. The van der Waals surface area contributed by atoms with Crippen LogP contribution < -0.4 is 5.32 Å². The van der Waals surface area contributed by atoms with Gasteiger partial charge in [-0.1, -0.05) is 18.2 Å². The predicted molar refractivity (Wildman–Crippen MR) is 81.5 cm³/mol. The summed E-state index contributed by atoms with van der Waals surface area (Å²) in [5.74, 6) is -1.33. The second kappa shape index (κ2) is 6.41. The molecule has 21 heavy (non-hydrogen) atoms. The molecule has 3 N–H and O–H groups in total. The van der Waals surface area contributed by atoms with E-state index in [4.69, 9.17) is 5.11 Å². The number of carboxylic acids is 1. The molecule has 0 spiro atoms. The number of aromatic carboxylic acids is 1. The lowest BCUT2D eigenvalue weighted by Crippen LogP contribution is -2.17. The Morgan fingerprint density at radius 2 is 1.76 bits per heavy atom. The van der Waals surface area contributed by atoms with Crippen LogP contribution in [0.1, 0.15) is 15.9 Å². The number of carbonyl (C=O) groups excluding carboxylic acids is 1. The Labute approximate surface area is 129 Å². The van der Waals surface area contributed by atoms with Crippen molar-refractivity contribution in [3.63, 3.8) is 0 Å². The van der Waals surface area contributed by atoms with Gasteiger partial charge in [0.2, 0.25) is 5.91 Å². The van der Waals surface area contributed by atoms with Crippen molar-refractivity contribution >= 4 is 33.5 Å². The number of rotatable bonds is 4. The van der Waals surface area contributed by atoms with Gasteiger partial charge in [0.1, 0.15) is 5.75 Å². The number of anilines is 1. The van der Waals surface area contributed by atoms with Gasteiger partial charge in [0.15, 0.2) is 0 Å². The number of carbonyl (C=O) groups is 2. The molecule has 1 amide bonds. The van der Waals surface area contributed by atoms with E-state index < -0.39 is 5.97 Å². The number of nitrogens with one attached hydrogen (secondary N) is 1. The van der Waals surface area contributed by atoms with Crippen LogP contribution in [-0.4, -0.2) is 22.1 Å². The van der Waals surface area contributed by atoms with Gasteiger partial charge in [-0.3, -0.25) is 4.79 Å². The Balaban J connectivity index is 2.16. The van der Waals surface area contributed by atoms with E-state index in [1.165, 1.54) is 18.2 Å². The Hall–Kier alpha value is -2.34. The molecule has 0 unspecified atom stereocenters. The van der Waals surface area contributed by atoms with Gasteiger partial charge < -0.3 is 15.5 Å². The van der Waals surface area contributed by atoms with Crippen LogP contribution >= 0.6 is 15.9 Å². The number of para-hydroxylation sites is 1. The molecule has 0 aromatic heterocycles. The summed E-state index contributed by atoms with van der Waals surface area (Å²) in [4.78, 5) is 23.2. The minimum absolute atomic E-state index is 0.0171. The fraction of sp³-hybridized carbons (Fsp3) is 0.0667. The molecule has 0 radical (unpaired) electrons. The van der Waals surface area contributed by atoms with Crippen molar-refractivity contribution in [3.05, 3.63) is 58.1 Å². The van der Waals surface area contributed by atoms with Crippen molar-refractivity contribution in [1.82, 2.24) is 0 Å². The van der Waals surface area contributed by atoms with Gasteiger partial charge in [0.05, 0.1) is 17.7 Å². The molecule has 6 heteroatoms. The third-order valence-corrected chi connectivity index (χ3v) is 3.47. The molecule has 2 aromatic rings. The Kier molecular flexibility index (Phi) is 4.59. The van der Waals surface area contributed by atoms with E-state index >= 15 is 0 Å². The SMILES string of the molecule is O=C(Cc1ccc(O)cc1)Nc1c(Br)cccc1C(=O)O. The highest BCUT2D eigenvalue weighted by molar-refractivity contribution is 9.10. The average Bonchev–Trinajstić information content (AvgIpc) is 2.43. The molecule has 0 aliphatic carbocycles. The summed E-state index contributed by atoms with van der Waals surface area (Å²) < 4.78 is 0.501. The number of hydrogen-bond donors (Lipinski definition) is 3. The van der Waals surface area contributed by atoms with Gasteiger partial charge in [0, 0.05) is 4.47 Å². The lowest BCUT2D eigenvalue weighted by molar-refractivity contribution is -0.115. The van der Waals surface area contributed by atoms with E-state index in [0.29, 0.717) is 10.0 Å². The maximum atomic E-state index is 12.0. The van der Waals surface area contributed by atoms with Gasteiger partial charge in [-0.05, 0) is 45.8 Å². The van der Waals surface area contributed by atoms with Crippen LogP contribution in [0, 0.1) is 0 Å². The van der Waals surface area contributed by atoms with E-state index in [1.807, 2.05) is 0 Å². The Morgan fingerprint density at radius 3 is 2.38 bits per heavy atom. The second-order valence-corrected chi connectivity index (χ2v) is 5.21. The largest absolute Gasteiger partial charge is 0.508 e. The highest BCUT2D eigenvalue weighted by Crippen LogP contribution is 2.26. The molecule has 0 saturated carbocycles. The number of hydrogen-bond acceptors (Lipinski definition) is 3. The van der Waals surface area contributed by atoms with Crippen LogP contribution in [0.5, 0.6) is 5.75 Å². The predicted octanol–water partition coefficient (Wildman–Crippen LogP) is 3.03. The topological polar surface area (TPSA) is 86.6 Å². The number of halogens is 1. The normalized spacial score (nSPS) is 10.1. The van der Waals surface area contributed by atoms with Crippen molar-refractivity contribution in [3.8, 4) is 5.75 Å². The van der Waals surface area contributed by atoms with Crippen molar-refractivity contribution < 1.29 is 19.8 Å². The molecule has 0 aliphatic rings. The summed E-state index contributed by atoms with van der Waals surface area (Å²) in [5.41, 5.74) is 0.964. The zero-order valence-corrected chi connectivity index (χ0v) is 12.4. The highest BCUT2D eigenvalue weighted by atomic mass is 79.9. The van der Waals surface area contributed by atoms with Gasteiger partial charge in [-0.25, -0.2) is 4.79 Å². The van der Waals surface area contributed by atoms with E-state index in [0.717, 1.165) is 0 Å². The quantitative estimate of drug-likeness (QED) is 0.791. The summed E-state index contributed by atoms with van der Waals surface area (Å²) >= 11 is 3.23. The second-order valence-electron chi connectivity index (χ2n) is 4.36. The Morgan fingerprint density at radius 1 is 1.10 bits per heavy atom. The summed E-state index contributed by atoms with van der Waals surface area (Å²) in [7, 11) is 0. The van der Waals surface area contributed by atoms with Crippen LogP contribution in [0.2, 0.25) is 0 Å². The summed E-state index contributed by atoms with van der Waals surface area (Å²) in [6.07, 6.45) is 0.0840. The van der Waals surface area contributed by atoms with Crippen molar-refractivity contribution in [1.29, 1.82) is 0 Å². The standard InChI is InChI=1S/C15H12BrNO4/c16-12-3-1-2-11(15(20)21)14(12)17-13(19)8-9-4-6-10(18)7-5-9/h1-7,18H,8H2,(H,17,19)(H,20,21). The molecule has 0 fully saturated rings. The van der Waals surface area contributed by atoms with E-state index in [2.05, 4.69) is 21.2 Å². The number of carboxylic acid groups (broad SMARTS) is 1. The lowest BCUT2D eigenvalue weighted by Gasteiger charge is -2.10. The van der Waals surface area contributed by atoms with Crippen molar-refractivity contribution in [2.45, 2.75) is 6.42 Å². The van der Waals surface area contributed by atoms with Crippen molar-refractivity contribution in [2.75, 3.05) is 5.32 Å². The smallest absolute Gasteiger partial charge is 0.337 e. The molecule has 108 valence electrons.